The molecule has 2 N–H and O–H groups in total. The van der Waals surface area contributed by atoms with Gasteiger partial charge in [0, 0.05) is 41.0 Å². The van der Waals surface area contributed by atoms with Gasteiger partial charge < -0.3 is 15.1 Å². The van der Waals surface area contributed by atoms with Crippen molar-refractivity contribution in [3.63, 3.8) is 0 Å². The fourth-order valence-corrected chi connectivity index (χ4v) is 3.84. The summed E-state index contributed by atoms with van der Waals surface area (Å²) in [4.78, 5) is 6.38. The Balaban J connectivity index is 1.91. The quantitative estimate of drug-likeness (QED) is 0.392. The zero-order valence-electron chi connectivity index (χ0n) is 15.2. The minimum Gasteiger partial charge on any atom is -0.506 e. The molecule has 0 aromatic heterocycles. The molecule has 3 aromatic rings. The normalized spacial score (nSPS) is 11.2. The minimum atomic E-state index is -0.0934. The van der Waals surface area contributed by atoms with Crippen LogP contribution in [0.1, 0.15) is 11.1 Å². The lowest BCUT2D eigenvalue weighted by Gasteiger charge is -2.22. The van der Waals surface area contributed by atoms with E-state index in [1.54, 1.807) is 12.1 Å². The summed E-state index contributed by atoms with van der Waals surface area (Å²) in [7, 11) is 1.86. The van der Waals surface area contributed by atoms with Gasteiger partial charge in [-0.2, -0.15) is 0 Å². The predicted molar refractivity (Wildman–Crippen MR) is 122 cm³/mol. The van der Waals surface area contributed by atoms with E-state index in [1.807, 2.05) is 36.2 Å². The van der Waals surface area contributed by atoms with E-state index in [2.05, 4.69) is 4.99 Å². The summed E-state index contributed by atoms with van der Waals surface area (Å²) < 4.78 is 0. The maximum Gasteiger partial charge on any atom is 0.143 e. The third kappa shape index (κ3) is 5.09. The van der Waals surface area contributed by atoms with Crippen LogP contribution in [0.15, 0.2) is 53.5 Å². The number of hydrogen-bond donors (Lipinski definition) is 2. The van der Waals surface area contributed by atoms with E-state index in [9.17, 15) is 10.2 Å². The summed E-state index contributed by atoms with van der Waals surface area (Å²) in [5.74, 6) is -0.105. The van der Waals surface area contributed by atoms with E-state index < -0.39 is 0 Å². The Kier molecular flexibility index (Phi) is 6.81. The van der Waals surface area contributed by atoms with Crippen molar-refractivity contribution in [2.45, 2.75) is 6.54 Å². The van der Waals surface area contributed by atoms with Crippen LogP contribution in [0, 0.1) is 0 Å². The van der Waals surface area contributed by atoms with Crippen LogP contribution in [0.3, 0.4) is 0 Å². The van der Waals surface area contributed by atoms with Crippen LogP contribution in [0.25, 0.3) is 0 Å². The first-order valence-electron chi connectivity index (χ1n) is 8.45. The summed E-state index contributed by atoms with van der Waals surface area (Å²) >= 11 is 24.0. The van der Waals surface area contributed by atoms with Gasteiger partial charge in [-0.1, -0.05) is 58.5 Å². The van der Waals surface area contributed by atoms with Crippen molar-refractivity contribution in [1.82, 2.24) is 0 Å². The molecule has 0 saturated carbocycles. The van der Waals surface area contributed by atoms with Gasteiger partial charge in [0.1, 0.15) is 11.5 Å². The summed E-state index contributed by atoms with van der Waals surface area (Å²) in [5, 5.41) is 21.5. The van der Waals surface area contributed by atoms with Gasteiger partial charge in [0.05, 0.1) is 21.4 Å². The van der Waals surface area contributed by atoms with Gasteiger partial charge in [-0.05, 0) is 36.4 Å². The zero-order chi connectivity index (χ0) is 21.1. The van der Waals surface area contributed by atoms with Crippen LogP contribution >= 0.6 is 46.4 Å². The van der Waals surface area contributed by atoms with E-state index >= 15 is 0 Å². The molecule has 0 spiro atoms. The van der Waals surface area contributed by atoms with Crippen LogP contribution < -0.4 is 4.90 Å². The smallest absolute Gasteiger partial charge is 0.143 e. The molecule has 0 unspecified atom stereocenters. The molecule has 150 valence electrons. The Labute approximate surface area is 188 Å². The first-order chi connectivity index (χ1) is 13.8. The van der Waals surface area contributed by atoms with E-state index in [0.29, 0.717) is 33.4 Å². The molecule has 0 radical (unpaired) electrons. The summed E-state index contributed by atoms with van der Waals surface area (Å²) in [6.45, 7) is 0.354. The molecule has 0 fully saturated rings. The lowest BCUT2D eigenvalue weighted by molar-refractivity contribution is 0.468. The van der Waals surface area contributed by atoms with E-state index in [-0.39, 0.29) is 21.5 Å². The third-order valence-corrected chi connectivity index (χ3v) is 5.22. The van der Waals surface area contributed by atoms with Gasteiger partial charge in [0.2, 0.25) is 0 Å². The molecule has 0 aliphatic carbocycles. The Morgan fingerprint density at radius 2 is 1.52 bits per heavy atom. The Bertz CT molecular complexity index is 1090. The molecule has 8 heteroatoms. The number of phenols is 2. The van der Waals surface area contributed by atoms with Gasteiger partial charge in [-0.25, -0.2) is 0 Å². The highest BCUT2D eigenvalue weighted by molar-refractivity contribution is 6.36. The molecule has 0 amide bonds. The Hall–Kier alpha value is -2.11. The molecule has 0 aliphatic rings. The third-order valence-electron chi connectivity index (χ3n) is 4.21. The van der Waals surface area contributed by atoms with Crippen molar-refractivity contribution in [3.8, 4) is 11.5 Å². The molecule has 0 heterocycles. The number of anilines is 1. The largest absolute Gasteiger partial charge is 0.506 e. The summed E-state index contributed by atoms with van der Waals surface area (Å²) in [6.07, 6.45) is 1.49. The van der Waals surface area contributed by atoms with Crippen LogP contribution in [0.5, 0.6) is 11.5 Å². The second-order valence-corrected chi connectivity index (χ2v) is 8.01. The second-order valence-electron chi connectivity index (χ2n) is 6.32. The van der Waals surface area contributed by atoms with E-state index in [0.717, 1.165) is 5.69 Å². The topological polar surface area (TPSA) is 56.1 Å². The highest BCUT2D eigenvalue weighted by atomic mass is 35.5. The van der Waals surface area contributed by atoms with Crippen molar-refractivity contribution < 1.29 is 10.2 Å². The molecule has 29 heavy (non-hydrogen) atoms. The summed E-state index contributed by atoms with van der Waals surface area (Å²) in [5.41, 5.74) is 2.44. The second kappa shape index (κ2) is 9.14. The highest BCUT2D eigenvalue weighted by Gasteiger charge is 2.13. The van der Waals surface area contributed by atoms with Crippen molar-refractivity contribution >= 4 is 64.0 Å². The standard InChI is InChI=1S/C21H16Cl4N2O2/c1-27(11-13-7-15(23)9-17(25)21(13)29)19-5-3-2-4-18(19)26-10-12-6-14(22)8-16(24)20(12)28/h2-10,28-29H,11H2,1H3. The van der Waals surface area contributed by atoms with Gasteiger partial charge >= 0.3 is 0 Å². The number of nitrogens with zero attached hydrogens (tertiary/aromatic N) is 2. The fourth-order valence-electron chi connectivity index (χ4n) is 2.80. The van der Waals surface area contributed by atoms with Gasteiger partial charge in [0.25, 0.3) is 0 Å². The number of para-hydroxylation sites is 2. The van der Waals surface area contributed by atoms with Crippen LogP contribution in [0.2, 0.25) is 20.1 Å². The first-order valence-corrected chi connectivity index (χ1v) is 9.96. The molecule has 0 saturated heterocycles. The molecule has 0 atom stereocenters. The van der Waals surface area contributed by atoms with Crippen LogP contribution in [-0.4, -0.2) is 23.5 Å². The SMILES string of the molecule is CN(Cc1cc(Cl)cc(Cl)c1O)c1ccccc1N=Cc1cc(Cl)cc(Cl)c1O. The fraction of sp³-hybridized carbons (Fsp3) is 0.0952. The monoisotopic (exact) mass is 468 g/mol. The van der Waals surface area contributed by atoms with Crippen molar-refractivity contribution in [1.29, 1.82) is 0 Å². The first kappa shape index (κ1) is 21.6. The van der Waals surface area contributed by atoms with E-state index in [4.69, 9.17) is 46.4 Å². The molecule has 0 aliphatic heterocycles. The minimum absolute atomic E-state index is 0.0117. The number of hydrogen-bond acceptors (Lipinski definition) is 4. The molecule has 3 rings (SSSR count). The molecular weight excluding hydrogens is 454 g/mol. The zero-order valence-corrected chi connectivity index (χ0v) is 18.2. The molecule has 3 aromatic carbocycles. The number of halogens is 4. The molecule has 0 bridgehead atoms. The maximum atomic E-state index is 10.2. The number of aromatic hydroxyl groups is 2. The predicted octanol–water partition coefficient (Wildman–Crippen LogP) is 7.10. The lowest BCUT2D eigenvalue weighted by atomic mass is 10.1. The van der Waals surface area contributed by atoms with Gasteiger partial charge in [0.15, 0.2) is 0 Å². The van der Waals surface area contributed by atoms with Crippen LogP contribution in [0.4, 0.5) is 11.4 Å². The Morgan fingerprint density at radius 3 is 2.24 bits per heavy atom. The number of benzene rings is 3. The summed E-state index contributed by atoms with van der Waals surface area (Å²) in [6, 6.07) is 13.6. The highest BCUT2D eigenvalue weighted by Crippen LogP contribution is 2.35. The van der Waals surface area contributed by atoms with Gasteiger partial charge in [-0.3, -0.25) is 4.99 Å². The molecule has 4 nitrogen and oxygen atoms in total. The van der Waals surface area contributed by atoms with Crippen molar-refractivity contribution in [3.05, 3.63) is 79.7 Å². The Morgan fingerprint density at radius 1 is 0.897 bits per heavy atom. The number of phenolic OH excluding ortho intramolecular Hbond substituents is 2. The lowest BCUT2D eigenvalue weighted by Crippen LogP contribution is -2.16. The average Bonchev–Trinajstić information content (AvgIpc) is 2.67. The van der Waals surface area contributed by atoms with E-state index in [1.165, 1.54) is 18.3 Å². The number of aliphatic imine (C=N–C) groups is 1. The van der Waals surface area contributed by atoms with Crippen molar-refractivity contribution in [2.75, 3.05) is 11.9 Å². The maximum absolute atomic E-state index is 10.2. The average molecular weight is 470 g/mol. The number of rotatable bonds is 5. The molecular formula is C21H16Cl4N2O2. The van der Waals surface area contributed by atoms with Gasteiger partial charge in [-0.15, -0.1) is 0 Å². The van der Waals surface area contributed by atoms with Crippen LogP contribution in [-0.2, 0) is 6.54 Å². The van der Waals surface area contributed by atoms with Crippen molar-refractivity contribution in [2.24, 2.45) is 4.99 Å².